The molecule has 0 amide bonds. The molecule has 0 atom stereocenters. The molecule has 0 aromatic heterocycles. The van der Waals surface area contributed by atoms with E-state index in [-0.39, 0.29) is 0 Å². The Bertz CT molecular complexity index is 425. The van der Waals surface area contributed by atoms with Gasteiger partial charge >= 0.3 is 0 Å². The maximum absolute atomic E-state index is 5.54. The molecular formula is C16H23NO2. The summed E-state index contributed by atoms with van der Waals surface area (Å²) in [4.78, 5) is 0. The summed E-state index contributed by atoms with van der Waals surface area (Å²) in [6.07, 6.45) is 6.71. The molecule has 1 aliphatic heterocycles. The highest BCUT2D eigenvalue weighted by Crippen LogP contribution is 2.35. The molecule has 19 heavy (non-hydrogen) atoms. The van der Waals surface area contributed by atoms with Crippen LogP contribution in [-0.2, 0) is 6.54 Å². The Morgan fingerprint density at radius 2 is 2.00 bits per heavy atom. The second-order valence-corrected chi connectivity index (χ2v) is 5.66. The first-order chi connectivity index (χ1) is 9.36. The smallest absolute Gasteiger partial charge is 0.231 e. The number of fused-ring (bicyclic) bond motifs is 1. The van der Waals surface area contributed by atoms with Gasteiger partial charge in [-0.15, -0.1) is 0 Å². The summed E-state index contributed by atoms with van der Waals surface area (Å²) in [5, 5.41) is 3.68. The molecule has 0 spiro atoms. The standard InChI is InChI=1S/C16H23NO2/c1-2-12-6-8-14(9-7-12)17-10-13-4-3-5-15-16(13)19-11-18-15/h3-5,12,14,17H,2,6-11H2,1H3. The fourth-order valence-corrected chi connectivity index (χ4v) is 3.16. The van der Waals surface area contributed by atoms with E-state index < -0.39 is 0 Å². The molecule has 1 aromatic carbocycles. The maximum Gasteiger partial charge on any atom is 0.231 e. The van der Waals surface area contributed by atoms with Gasteiger partial charge in [-0.3, -0.25) is 0 Å². The summed E-state index contributed by atoms with van der Waals surface area (Å²) >= 11 is 0. The van der Waals surface area contributed by atoms with Gasteiger partial charge in [0.2, 0.25) is 6.79 Å². The molecule has 1 aliphatic carbocycles. The van der Waals surface area contributed by atoms with Gasteiger partial charge < -0.3 is 14.8 Å². The zero-order chi connectivity index (χ0) is 13.1. The summed E-state index contributed by atoms with van der Waals surface area (Å²) < 4.78 is 11.0. The van der Waals surface area contributed by atoms with E-state index in [0.717, 1.165) is 24.0 Å². The average molecular weight is 261 g/mol. The fraction of sp³-hybridized carbons (Fsp3) is 0.625. The van der Waals surface area contributed by atoms with Crippen molar-refractivity contribution in [2.45, 2.75) is 51.6 Å². The molecule has 1 heterocycles. The predicted octanol–water partition coefficient (Wildman–Crippen LogP) is 3.47. The first kappa shape index (κ1) is 12.8. The molecule has 1 saturated carbocycles. The minimum atomic E-state index is 0.355. The lowest BCUT2D eigenvalue weighted by atomic mass is 9.84. The van der Waals surface area contributed by atoms with Crippen molar-refractivity contribution in [3.63, 3.8) is 0 Å². The quantitative estimate of drug-likeness (QED) is 0.900. The minimum absolute atomic E-state index is 0.355. The van der Waals surface area contributed by atoms with Gasteiger partial charge in [0.05, 0.1) is 0 Å². The lowest BCUT2D eigenvalue weighted by Gasteiger charge is -2.28. The Morgan fingerprint density at radius 3 is 2.79 bits per heavy atom. The van der Waals surface area contributed by atoms with Crippen molar-refractivity contribution >= 4 is 0 Å². The second kappa shape index (κ2) is 5.83. The topological polar surface area (TPSA) is 30.5 Å². The predicted molar refractivity (Wildman–Crippen MR) is 75.4 cm³/mol. The highest BCUT2D eigenvalue weighted by atomic mass is 16.7. The molecule has 3 heteroatoms. The van der Waals surface area contributed by atoms with E-state index in [2.05, 4.69) is 18.3 Å². The first-order valence-electron chi connectivity index (χ1n) is 7.47. The molecular weight excluding hydrogens is 238 g/mol. The molecule has 2 aliphatic rings. The van der Waals surface area contributed by atoms with Crippen LogP contribution < -0.4 is 14.8 Å². The Morgan fingerprint density at radius 1 is 1.16 bits per heavy atom. The number of hydrogen-bond donors (Lipinski definition) is 1. The summed E-state index contributed by atoms with van der Waals surface area (Å²) in [6.45, 7) is 3.55. The highest BCUT2D eigenvalue weighted by Gasteiger charge is 2.21. The van der Waals surface area contributed by atoms with Gasteiger partial charge in [-0.05, 0) is 37.7 Å². The second-order valence-electron chi connectivity index (χ2n) is 5.66. The Hall–Kier alpha value is -1.22. The molecule has 3 nitrogen and oxygen atoms in total. The van der Waals surface area contributed by atoms with Crippen molar-refractivity contribution in [2.75, 3.05) is 6.79 Å². The molecule has 0 saturated heterocycles. The molecule has 0 unspecified atom stereocenters. The fourth-order valence-electron chi connectivity index (χ4n) is 3.16. The lowest BCUT2D eigenvalue weighted by Crippen LogP contribution is -2.32. The van der Waals surface area contributed by atoms with Crippen LogP contribution in [0.1, 0.15) is 44.6 Å². The number of rotatable bonds is 4. The van der Waals surface area contributed by atoms with E-state index in [4.69, 9.17) is 9.47 Å². The number of hydrogen-bond acceptors (Lipinski definition) is 3. The molecule has 1 fully saturated rings. The van der Waals surface area contributed by atoms with Crippen LogP contribution in [0.3, 0.4) is 0 Å². The lowest BCUT2D eigenvalue weighted by molar-refractivity contribution is 0.173. The van der Waals surface area contributed by atoms with Crippen LogP contribution in [-0.4, -0.2) is 12.8 Å². The van der Waals surface area contributed by atoms with E-state index in [9.17, 15) is 0 Å². The van der Waals surface area contributed by atoms with Crippen molar-refractivity contribution < 1.29 is 9.47 Å². The van der Waals surface area contributed by atoms with E-state index in [1.165, 1.54) is 37.7 Å². The number of para-hydroxylation sites is 1. The summed E-state index contributed by atoms with van der Waals surface area (Å²) in [6, 6.07) is 6.80. The Balaban J connectivity index is 1.54. The largest absolute Gasteiger partial charge is 0.454 e. The van der Waals surface area contributed by atoms with Gasteiger partial charge in [-0.1, -0.05) is 25.5 Å². The molecule has 3 rings (SSSR count). The van der Waals surface area contributed by atoms with Gasteiger partial charge in [0.25, 0.3) is 0 Å². The van der Waals surface area contributed by atoms with E-state index in [0.29, 0.717) is 12.8 Å². The molecule has 1 N–H and O–H groups in total. The summed E-state index contributed by atoms with van der Waals surface area (Å²) in [5.74, 6) is 2.77. The van der Waals surface area contributed by atoms with Crippen molar-refractivity contribution in [1.82, 2.24) is 5.32 Å². The summed E-state index contributed by atoms with van der Waals surface area (Å²) in [5.41, 5.74) is 1.22. The van der Waals surface area contributed by atoms with Gasteiger partial charge in [0, 0.05) is 18.2 Å². The Labute approximate surface area is 115 Å². The maximum atomic E-state index is 5.54. The van der Waals surface area contributed by atoms with Crippen LogP contribution in [0.4, 0.5) is 0 Å². The van der Waals surface area contributed by atoms with Crippen molar-refractivity contribution in [3.8, 4) is 11.5 Å². The normalized spacial score (nSPS) is 25.5. The average Bonchev–Trinajstić information content (AvgIpc) is 2.94. The first-order valence-corrected chi connectivity index (χ1v) is 7.47. The van der Waals surface area contributed by atoms with Crippen molar-refractivity contribution in [3.05, 3.63) is 23.8 Å². The summed E-state index contributed by atoms with van der Waals surface area (Å²) in [7, 11) is 0. The van der Waals surface area contributed by atoms with Crippen molar-refractivity contribution in [2.24, 2.45) is 5.92 Å². The van der Waals surface area contributed by atoms with Crippen LogP contribution in [0.2, 0.25) is 0 Å². The van der Waals surface area contributed by atoms with Gasteiger partial charge in [-0.2, -0.15) is 0 Å². The van der Waals surface area contributed by atoms with Crippen LogP contribution in [0.15, 0.2) is 18.2 Å². The minimum Gasteiger partial charge on any atom is -0.454 e. The van der Waals surface area contributed by atoms with Crippen molar-refractivity contribution in [1.29, 1.82) is 0 Å². The molecule has 0 radical (unpaired) electrons. The van der Waals surface area contributed by atoms with Crippen LogP contribution >= 0.6 is 0 Å². The SMILES string of the molecule is CCC1CCC(NCc2cccc3c2OCO3)CC1. The van der Waals surface area contributed by atoms with E-state index in [1.54, 1.807) is 0 Å². The third kappa shape index (κ3) is 2.86. The highest BCUT2D eigenvalue weighted by molar-refractivity contribution is 5.48. The molecule has 1 aromatic rings. The van der Waals surface area contributed by atoms with Crippen LogP contribution in [0.5, 0.6) is 11.5 Å². The zero-order valence-electron chi connectivity index (χ0n) is 11.7. The number of benzene rings is 1. The zero-order valence-corrected chi connectivity index (χ0v) is 11.7. The third-order valence-corrected chi connectivity index (χ3v) is 4.48. The van der Waals surface area contributed by atoms with Gasteiger partial charge in [-0.25, -0.2) is 0 Å². The Kier molecular flexibility index (Phi) is 3.92. The van der Waals surface area contributed by atoms with E-state index >= 15 is 0 Å². The molecule has 0 bridgehead atoms. The third-order valence-electron chi connectivity index (χ3n) is 4.48. The molecule has 104 valence electrons. The van der Waals surface area contributed by atoms with Crippen LogP contribution in [0, 0.1) is 5.92 Å². The van der Waals surface area contributed by atoms with Gasteiger partial charge in [0.1, 0.15) is 0 Å². The van der Waals surface area contributed by atoms with E-state index in [1.807, 2.05) is 12.1 Å². The monoisotopic (exact) mass is 261 g/mol. The number of nitrogens with one attached hydrogen (secondary N) is 1. The van der Waals surface area contributed by atoms with Crippen LogP contribution in [0.25, 0.3) is 0 Å². The van der Waals surface area contributed by atoms with Gasteiger partial charge in [0.15, 0.2) is 11.5 Å². The number of ether oxygens (including phenoxy) is 2.